The van der Waals surface area contributed by atoms with Gasteiger partial charge in [0.25, 0.3) is 0 Å². The molecule has 0 saturated carbocycles. The maximum atomic E-state index is 12.8. The highest BCUT2D eigenvalue weighted by atomic mass is 19.1. The van der Waals surface area contributed by atoms with E-state index in [0.29, 0.717) is 0 Å². The third-order valence-electron chi connectivity index (χ3n) is 2.54. The molecule has 0 aromatic heterocycles. The van der Waals surface area contributed by atoms with Crippen LogP contribution in [0.2, 0.25) is 0 Å². The van der Waals surface area contributed by atoms with Gasteiger partial charge in [0.15, 0.2) is 0 Å². The summed E-state index contributed by atoms with van der Waals surface area (Å²) in [5.41, 5.74) is 0.876. The summed E-state index contributed by atoms with van der Waals surface area (Å²) in [6.45, 7) is 3.71. The van der Waals surface area contributed by atoms with E-state index >= 15 is 0 Å². The van der Waals surface area contributed by atoms with Crippen LogP contribution in [0.15, 0.2) is 49.1 Å². The summed E-state index contributed by atoms with van der Waals surface area (Å²) in [6, 6.07) is 6.10. The molecule has 0 spiro atoms. The maximum absolute atomic E-state index is 12.8. The molecule has 0 amide bonds. The molecule has 1 heterocycles. The largest absolute Gasteiger partial charge is 0.454 e. The minimum Gasteiger partial charge on any atom is -0.454 e. The molecule has 1 aliphatic rings. The van der Waals surface area contributed by atoms with Gasteiger partial charge in [0, 0.05) is 12.0 Å². The van der Waals surface area contributed by atoms with E-state index < -0.39 is 0 Å². The van der Waals surface area contributed by atoms with E-state index in [1.54, 1.807) is 24.3 Å². The Balaban J connectivity index is 2.23. The Hall–Kier alpha value is -1.90. The summed E-state index contributed by atoms with van der Waals surface area (Å²) < 4.78 is 17.9. The summed E-state index contributed by atoms with van der Waals surface area (Å²) in [5.74, 6) is -0.771. The van der Waals surface area contributed by atoms with Crippen LogP contribution in [0.25, 0.3) is 0 Å². The van der Waals surface area contributed by atoms with Crippen LogP contribution in [0.5, 0.6) is 0 Å². The molecule has 2 nitrogen and oxygen atoms in total. The van der Waals surface area contributed by atoms with Gasteiger partial charge in [-0.1, -0.05) is 18.2 Å². The van der Waals surface area contributed by atoms with E-state index in [-0.39, 0.29) is 23.8 Å². The topological polar surface area (TPSA) is 26.3 Å². The minimum absolute atomic E-state index is 0.136. The van der Waals surface area contributed by atoms with Crippen molar-refractivity contribution in [2.75, 3.05) is 0 Å². The Kier molecular flexibility index (Phi) is 2.86. The lowest BCUT2D eigenvalue weighted by atomic mass is 9.93. The fraction of sp³-hybridized carbons (Fsp3) is 0.154. The summed E-state index contributed by atoms with van der Waals surface area (Å²) in [5, 5.41) is 0. The maximum Gasteiger partial charge on any atom is 0.331 e. The van der Waals surface area contributed by atoms with E-state index in [1.807, 2.05) is 0 Å². The highest BCUT2D eigenvalue weighted by Gasteiger charge is 2.25. The molecule has 0 radical (unpaired) electrons. The summed E-state index contributed by atoms with van der Waals surface area (Å²) in [4.78, 5) is 11.0. The molecule has 1 unspecified atom stereocenters. The molecule has 82 valence electrons. The number of halogens is 1. The van der Waals surface area contributed by atoms with Gasteiger partial charge in [0.1, 0.15) is 11.9 Å². The van der Waals surface area contributed by atoms with Gasteiger partial charge in [-0.15, -0.1) is 6.58 Å². The Morgan fingerprint density at radius 1 is 1.38 bits per heavy atom. The number of carbonyl (C=O) groups excluding carboxylic acids is 1. The number of esters is 1. The molecule has 0 bridgehead atoms. The molecule has 0 aliphatic carbocycles. The zero-order valence-electron chi connectivity index (χ0n) is 8.60. The zero-order valence-corrected chi connectivity index (χ0v) is 8.60. The van der Waals surface area contributed by atoms with Crippen molar-refractivity contribution in [3.63, 3.8) is 0 Å². The molecule has 0 fully saturated rings. The molecule has 0 saturated heterocycles. The molecule has 3 heteroatoms. The number of benzene rings is 1. The lowest BCUT2D eigenvalue weighted by molar-refractivity contribution is -0.138. The monoisotopic (exact) mass is 218 g/mol. The smallest absolute Gasteiger partial charge is 0.331 e. The first-order valence-corrected chi connectivity index (χ1v) is 4.97. The first kappa shape index (κ1) is 10.6. The van der Waals surface area contributed by atoms with Gasteiger partial charge in [0.2, 0.25) is 0 Å². The van der Waals surface area contributed by atoms with Crippen LogP contribution in [0, 0.1) is 5.82 Å². The van der Waals surface area contributed by atoms with Gasteiger partial charge in [-0.3, -0.25) is 0 Å². The van der Waals surface area contributed by atoms with Crippen molar-refractivity contribution in [2.45, 2.75) is 12.0 Å². The van der Waals surface area contributed by atoms with Crippen LogP contribution in [0.4, 0.5) is 4.39 Å². The first-order valence-electron chi connectivity index (χ1n) is 4.97. The van der Waals surface area contributed by atoms with E-state index in [2.05, 4.69) is 6.58 Å². The molecule has 1 aliphatic heterocycles. The highest BCUT2D eigenvalue weighted by molar-refractivity contribution is 5.84. The summed E-state index contributed by atoms with van der Waals surface area (Å²) in [6.07, 6.45) is 4.44. The van der Waals surface area contributed by atoms with E-state index in [9.17, 15) is 9.18 Å². The predicted molar refractivity (Wildman–Crippen MR) is 58.4 cm³/mol. The molecular weight excluding hydrogens is 207 g/mol. The van der Waals surface area contributed by atoms with Crippen molar-refractivity contribution in [2.24, 2.45) is 0 Å². The van der Waals surface area contributed by atoms with Crippen molar-refractivity contribution >= 4 is 5.97 Å². The van der Waals surface area contributed by atoms with Gasteiger partial charge in [0.05, 0.1) is 0 Å². The van der Waals surface area contributed by atoms with Gasteiger partial charge in [-0.05, 0) is 23.8 Å². The average molecular weight is 218 g/mol. The summed E-state index contributed by atoms with van der Waals surface area (Å²) in [7, 11) is 0. The number of cyclic esters (lactones) is 1. The van der Waals surface area contributed by atoms with Crippen molar-refractivity contribution in [1.29, 1.82) is 0 Å². The van der Waals surface area contributed by atoms with Gasteiger partial charge in [-0.25, -0.2) is 9.18 Å². The molecular formula is C13H11FO2. The fourth-order valence-electron chi connectivity index (χ4n) is 1.72. The molecule has 16 heavy (non-hydrogen) atoms. The van der Waals surface area contributed by atoms with Crippen molar-refractivity contribution in [1.82, 2.24) is 0 Å². The first-order chi connectivity index (χ1) is 7.70. The van der Waals surface area contributed by atoms with Crippen molar-refractivity contribution in [3.05, 3.63) is 60.5 Å². The SMILES string of the molecule is C=C[C@H](c1ccc(F)cc1)C1C=CC(=O)O1. The highest BCUT2D eigenvalue weighted by Crippen LogP contribution is 2.26. The standard InChI is InChI=1S/C13H11FO2/c1-2-11(12-7-8-13(15)16-12)9-3-5-10(14)6-4-9/h2-8,11-12H,1H2/t11-,12?/m1/s1. The second kappa shape index (κ2) is 4.31. The Labute approximate surface area is 93.0 Å². The second-order valence-electron chi connectivity index (χ2n) is 3.57. The van der Waals surface area contributed by atoms with Crippen LogP contribution < -0.4 is 0 Å². The third kappa shape index (κ3) is 2.03. The number of hydrogen-bond acceptors (Lipinski definition) is 2. The number of hydrogen-bond donors (Lipinski definition) is 0. The number of carbonyl (C=O) groups is 1. The number of ether oxygens (including phenoxy) is 1. The van der Waals surface area contributed by atoms with Crippen LogP contribution in [-0.4, -0.2) is 12.1 Å². The molecule has 1 aromatic carbocycles. The van der Waals surface area contributed by atoms with Crippen LogP contribution in [0.1, 0.15) is 11.5 Å². The Morgan fingerprint density at radius 3 is 2.56 bits per heavy atom. The molecule has 2 rings (SSSR count). The van der Waals surface area contributed by atoms with E-state index in [1.165, 1.54) is 18.2 Å². The van der Waals surface area contributed by atoms with Gasteiger partial charge in [-0.2, -0.15) is 0 Å². The van der Waals surface area contributed by atoms with Crippen molar-refractivity contribution in [3.8, 4) is 0 Å². The molecule has 0 N–H and O–H groups in total. The third-order valence-corrected chi connectivity index (χ3v) is 2.54. The second-order valence-corrected chi connectivity index (χ2v) is 3.57. The normalized spacial score (nSPS) is 20.6. The van der Waals surface area contributed by atoms with Gasteiger partial charge >= 0.3 is 5.97 Å². The fourth-order valence-corrected chi connectivity index (χ4v) is 1.72. The Morgan fingerprint density at radius 2 is 2.06 bits per heavy atom. The molecule has 2 atom stereocenters. The van der Waals surface area contributed by atoms with E-state index in [0.717, 1.165) is 5.56 Å². The quantitative estimate of drug-likeness (QED) is 0.575. The average Bonchev–Trinajstić information content (AvgIpc) is 2.69. The van der Waals surface area contributed by atoms with E-state index in [4.69, 9.17) is 4.74 Å². The minimum atomic E-state index is -0.348. The molecule has 1 aromatic rings. The van der Waals surface area contributed by atoms with Crippen molar-refractivity contribution < 1.29 is 13.9 Å². The van der Waals surface area contributed by atoms with Crippen LogP contribution in [0.3, 0.4) is 0 Å². The van der Waals surface area contributed by atoms with Crippen LogP contribution in [-0.2, 0) is 9.53 Å². The van der Waals surface area contributed by atoms with Crippen LogP contribution >= 0.6 is 0 Å². The lowest BCUT2D eigenvalue weighted by Gasteiger charge is -2.18. The zero-order chi connectivity index (χ0) is 11.5. The Bertz CT molecular complexity index is 434. The lowest BCUT2D eigenvalue weighted by Crippen LogP contribution is -2.16. The predicted octanol–water partition coefficient (Wildman–Crippen LogP) is 2.58. The van der Waals surface area contributed by atoms with Gasteiger partial charge < -0.3 is 4.74 Å². The summed E-state index contributed by atoms with van der Waals surface area (Å²) >= 11 is 0. The number of rotatable bonds is 3.